The van der Waals surface area contributed by atoms with Crippen molar-refractivity contribution in [1.82, 2.24) is 0 Å². The third kappa shape index (κ3) is 11.0. The van der Waals surface area contributed by atoms with E-state index < -0.39 is 6.10 Å². The van der Waals surface area contributed by atoms with Crippen molar-refractivity contribution in [2.75, 3.05) is 13.2 Å². The van der Waals surface area contributed by atoms with Gasteiger partial charge in [-0.25, -0.2) is 0 Å². The Morgan fingerprint density at radius 1 is 1.06 bits per heavy atom. The third-order valence-electron chi connectivity index (χ3n) is 3.09. The van der Waals surface area contributed by atoms with Crippen LogP contribution in [-0.2, 0) is 4.74 Å². The van der Waals surface area contributed by atoms with E-state index in [9.17, 15) is 10.2 Å². The van der Waals surface area contributed by atoms with Crippen molar-refractivity contribution in [3.63, 3.8) is 0 Å². The molecule has 0 saturated heterocycles. The molecule has 1 atom stereocenters. The molecule has 0 aliphatic heterocycles. The summed E-state index contributed by atoms with van der Waals surface area (Å²) in [5, 5.41) is 18.7. The number of aliphatic hydroxyl groups is 2. The van der Waals surface area contributed by atoms with Crippen LogP contribution in [0.1, 0.15) is 65.7 Å². The van der Waals surface area contributed by atoms with E-state index in [1.165, 1.54) is 32.1 Å². The van der Waals surface area contributed by atoms with Gasteiger partial charge in [0, 0.05) is 6.61 Å². The van der Waals surface area contributed by atoms with Crippen molar-refractivity contribution in [2.24, 2.45) is 5.92 Å². The average molecular weight is 259 g/mol. The van der Waals surface area contributed by atoms with E-state index in [4.69, 9.17) is 4.74 Å². The highest BCUT2D eigenvalue weighted by atomic mass is 16.5. The molecular weight excluding hydrogens is 228 g/mol. The summed E-state index contributed by atoms with van der Waals surface area (Å²) in [5.41, 5.74) is 0. The van der Waals surface area contributed by atoms with Crippen LogP contribution >= 0.6 is 0 Å². The van der Waals surface area contributed by atoms with Crippen LogP contribution in [0.15, 0.2) is 0 Å². The van der Waals surface area contributed by atoms with Crippen molar-refractivity contribution in [3.05, 3.63) is 6.10 Å². The summed E-state index contributed by atoms with van der Waals surface area (Å²) in [4.78, 5) is 0. The van der Waals surface area contributed by atoms with Crippen LogP contribution < -0.4 is 0 Å². The van der Waals surface area contributed by atoms with Gasteiger partial charge in [-0.15, -0.1) is 0 Å². The van der Waals surface area contributed by atoms with Gasteiger partial charge in [-0.3, -0.25) is 0 Å². The van der Waals surface area contributed by atoms with Gasteiger partial charge in [0.25, 0.3) is 0 Å². The van der Waals surface area contributed by atoms with Gasteiger partial charge >= 0.3 is 0 Å². The van der Waals surface area contributed by atoms with Crippen LogP contribution in [0.4, 0.5) is 0 Å². The van der Waals surface area contributed by atoms with Crippen LogP contribution in [0.3, 0.4) is 0 Å². The highest BCUT2D eigenvalue weighted by Gasteiger charge is 2.14. The van der Waals surface area contributed by atoms with Crippen molar-refractivity contribution < 1.29 is 14.9 Å². The Balaban J connectivity index is 3.16. The molecule has 0 rings (SSSR count). The summed E-state index contributed by atoms with van der Waals surface area (Å²) >= 11 is 0. The summed E-state index contributed by atoms with van der Waals surface area (Å²) in [5.74, 6) is 0.817. The van der Waals surface area contributed by atoms with E-state index in [-0.39, 0.29) is 12.7 Å². The normalized spacial score (nSPS) is 13.5. The number of unbranched alkanes of at least 4 members (excludes halogenated alkanes) is 4. The smallest absolute Gasteiger partial charge is 0.124 e. The highest BCUT2D eigenvalue weighted by molar-refractivity contribution is 4.82. The molecule has 2 N–H and O–H groups in total. The Hall–Kier alpha value is -0.120. The molecule has 3 nitrogen and oxygen atoms in total. The molecule has 0 aromatic rings. The van der Waals surface area contributed by atoms with E-state index in [0.717, 1.165) is 12.3 Å². The molecule has 18 heavy (non-hydrogen) atoms. The number of ether oxygens (including phenoxy) is 1. The summed E-state index contributed by atoms with van der Waals surface area (Å²) < 4.78 is 5.33. The lowest BCUT2D eigenvalue weighted by atomic mass is 10.0. The predicted molar refractivity (Wildman–Crippen MR) is 74.8 cm³/mol. The molecule has 0 heterocycles. The second kappa shape index (κ2) is 11.9. The van der Waals surface area contributed by atoms with Crippen LogP contribution in [0.25, 0.3) is 0 Å². The van der Waals surface area contributed by atoms with Gasteiger partial charge in [-0.05, 0) is 18.8 Å². The van der Waals surface area contributed by atoms with Crippen molar-refractivity contribution in [3.8, 4) is 0 Å². The Morgan fingerprint density at radius 3 is 2.28 bits per heavy atom. The lowest BCUT2D eigenvalue weighted by Crippen LogP contribution is -2.23. The van der Waals surface area contributed by atoms with Gasteiger partial charge in [0.1, 0.15) is 12.2 Å². The molecule has 109 valence electrons. The minimum atomic E-state index is -0.818. The zero-order valence-electron chi connectivity index (χ0n) is 12.3. The van der Waals surface area contributed by atoms with Gasteiger partial charge in [-0.1, -0.05) is 52.9 Å². The molecule has 0 fully saturated rings. The summed E-state index contributed by atoms with van der Waals surface area (Å²) in [6.07, 6.45) is 7.26. The fourth-order valence-corrected chi connectivity index (χ4v) is 1.81. The largest absolute Gasteiger partial charge is 0.388 e. The fourth-order valence-electron chi connectivity index (χ4n) is 1.81. The van der Waals surface area contributed by atoms with E-state index in [1.807, 2.05) is 6.92 Å². The number of rotatable bonds is 12. The molecule has 0 aromatic heterocycles. The highest BCUT2D eigenvalue weighted by Crippen LogP contribution is 2.11. The monoisotopic (exact) mass is 259 g/mol. The first-order chi connectivity index (χ1) is 8.57. The fraction of sp³-hybridized carbons (Fsp3) is 0.933. The SMILES string of the molecule is CC[C](O)C(O)COCCCCCCCC(C)C. The lowest BCUT2D eigenvalue weighted by Gasteiger charge is -2.14. The number of hydrogen-bond donors (Lipinski definition) is 2. The Labute approximate surface area is 113 Å². The third-order valence-corrected chi connectivity index (χ3v) is 3.09. The summed E-state index contributed by atoms with van der Waals surface area (Å²) in [6.45, 7) is 7.24. The molecule has 0 bridgehead atoms. The van der Waals surface area contributed by atoms with E-state index in [1.54, 1.807) is 0 Å². The Morgan fingerprint density at radius 2 is 1.67 bits per heavy atom. The first-order valence-electron chi connectivity index (χ1n) is 7.38. The maximum atomic E-state index is 9.43. The van der Waals surface area contributed by atoms with Gasteiger partial charge in [0.15, 0.2) is 0 Å². The molecule has 0 aliphatic rings. The van der Waals surface area contributed by atoms with Crippen LogP contribution in [0, 0.1) is 12.0 Å². The first kappa shape index (κ1) is 17.9. The Kier molecular flexibility index (Phi) is 11.9. The topological polar surface area (TPSA) is 49.7 Å². The van der Waals surface area contributed by atoms with Crippen LogP contribution in [0.2, 0.25) is 0 Å². The summed E-state index contributed by atoms with van der Waals surface area (Å²) in [7, 11) is 0. The van der Waals surface area contributed by atoms with E-state index in [0.29, 0.717) is 13.0 Å². The van der Waals surface area contributed by atoms with Gasteiger partial charge in [0.05, 0.1) is 6.61 Å². The van der Waals surface area contributed by atoms with Crippen molar-refractivity contribution in [2.45, 2.75) is 71.8 Å². The maximum absolute atomic E-state index is 9.43. The molecule has 0 saturated carbocycles. The first-order valence-corrected chi connectivity index (χ1v) is 7.38. The van der Waals surface area contributed by atoms with Gasteiger partial charge in [0.2, 0.25) is 0 Å². The predicted octanol–water partition coefficient (Wildman–Crippen LogP) is 3.67. The minimum Gasteiger partial charge on any atom is -0.388 e. The van der Waals surface area contributed by atoms with E-state index in [2.05, 4.69) is 13.8 Å². The molecule has 0 amide bonds. The molecule has 0 spiro atoms. The quantitative estimate of drug-likeness (QED) is 0.526. The molecule has 1 unspecified atom stereocenters. The standard InChI is InChI=1S/C15H31O3/c1-4-14(16)15(17)12-18-11-9-7-5-6-8-10-13(2)3/h13,15-17H,4-12H2,1-3H3. The van der Waals surface area contributed by atoms with Crippen molar-refractivity contribution in [1.29, 1.82) is 0 Å². The second-order valence-corrected chi connectivity index (χ2v) is 5.39. The molecular formula is C15H31O3. The van der Waals surface area contributed by atoms with Gasteiger partial charge in [-0.2, -0.15) is 0 Å². The summed E-state index contributed by atoms with van der Waals surface area (Å²) in [6, 6.07) is 0. The molecule has 3 heteroatoms. The number of aliphatic hydroxyl groups excluding tert-OH is 2. The lowest BCUT2D eigenvalue weighted by molar-refractivity contribution is 0.00616. The second-order valence-electron chi connectivity index (χ2n) is 5.39. The Bertz CT molecular complexity index is 171. The van der Waals surface area contributed by atoms with Crippen molar-refractivity contribution >= 4 is 0 Å². The number of hydrogen-bond acceptors (Lipinski definition) is 3. The van der Waals surface area contributed by atoms with E-state index >= 15 is 0 Å². The van der Waals surface area contributed by atoms with Gasteiger partial charge < -0.3 is 14.9 Å². The zero-order chi connectivity index (χ0) is 13.8. The minimum absolute atomic E-state index is 0.115. The molecule has 0 aromatic carbocycles. The molecule has 0 aliphatic carbocycles. The zero-order valence-corrected chi connectivity index (χ0v) is 12.3. The average Bonchev–Trinajstić information content (AvgIpc) is 2.35. The van der Waals surface area contributed by atoms with Crippen LogP contribution in [0.5, 0.6) is 0 Å². The maximum Gasteiger partial charge on any atom is 0.124 e. The van der Waals surface area contributed by atoms with Crippen LogP contribution in [-0.4, -0.2) is 29.5 Å². The molecule has 1 radical (unpaired) electrons.